The molecule has 3 aromatic carbocycles. The Kier molecular flexibility index (Phi) is 7.23. The molecule has 8 nitrogen and oxygen atoms in total. The average Bonchev–Trinajstić information content (AvgIpc) is 3.42. The predicted molar refractivity (Wildman–Crippen MR) is 163 cm³/mol. The number of phenols is 1. The molecular weight excluding hydrogens is 637 g/mol. The minimum absolute atomic E-state index is 0.0100. The van der Waals surface area contributed by atoms with Crippen LogP contribution in [0.4, 0.5) is 18.9 Å². The predicted octanol–water partition coefficient (Wildman–Crippen LogP) is 6.13. The number of nitrogens with zero attached hydrogens (tertiary/aromatic N) is 2. The Morgan fingerprint density at radius 2 is 1.68 bits per heavy atom. The Balaban J connectivity index is 1.52. The molecule has 1 N–H and O–H groups in total. The lowest BCUT2D eigenvalue weighted by Crippen LogP contribution is -2.53. The van der Waals surface area contributed by atoms with Crippen molar-refractivity contribution in [1.29, 1.82) is 0 Å². The zero-order chi connectivity index (χ0) is 33.4. The number of aromatic hydroxyl groups is 1. The molecule has 0 aromatic heterocycles. The maximum Gasteiger partial charge on any atom is 0.573 e. The minimum Gasteiger partial charge on any atom is -0.508 e. The average molecular weight is 665 g/mol. The third-order valence-corrected chi connectivity index (χ3v) is 10.4. The van der Waals surface area contributed by atoms with Crippen LogP contribution in [-0.2, 0) is 24.6 Å². The first-order valence-electron chi connectivity index (χ1n) is 15.2. The van der Waals surface area contributed by atoms with E-state index in [2.05, 4.69) is 4.74 Å². The second kappa shape index (κ2) is 11.0. The molecule has 0 bridgehead atoms. The fraction of sp³-hybridized carbons (Fsp3) is 0.314. The minimum atomic E-state index is -5.05. The van der Waals surface area contributed by atoms with E-state index >= 15 is 4.79 Å². The van der Waals surface area contributed by atoms with Gasteiger partial charge in [-0.15, -0.1) is 13.2 Å². The van der Waals surface area contributed by atoms with Gasteiger partial charge in [0.2, 0.25) is 23.6 Å². The molecule has 2 saturated heterocycles. The highest BCUT2D eigenvalue weighted by atomic mass is 35.5. The van der Waals surface area contributed by atoms with Crippen LogP contribution >= 0.6 is 11.6 Å². The van der Waals surface area contributed by atoms with E-state index in [9.17, 15) is 32.7 Å². The monoisotopic (exact) mass is 664 g/mol. The van der Waals surface area contributed by atoms with E-state index in [1.807, 2.05) is 0 Å². The van der Waals surface area contributed by atoms with E-state index < -0.39 is 70.6 Å². The van der Waals surface area contributed by atoms with Gasteiger partial charge in [0, 0.05) is 23.0 Å². The van der Waals surface area contributed by atoms with E-state index in [0.29, 0.717) is 11.1 Å². The molecule has 1 saturated carbocycles. The van der Waals surface area contributed by atoms with E-state index in [0.717, 1.165) is 23.1 Å². The molecule has 242 valence electrons. The van der Waals surface area contributed by atoms with Crippen molar-refractivity contribution in [3.8, 4) is 11.5 Å². The van der Waals surface area contributed by atoms with Crippen molar-refractivity contribution in [1.82, 2.24) is 4.90 Å². The number of imide groups is 2. The third-order valence-electron chi connectivity index (χ3n) is 10.1. The summed E-state index contributed by atoms with van der Waals surface area (Å²) < 4.78 is 44.5. The molecule has 3 fully saturated rings. The Morgan fingerprint density at radius 1 is 0.936 bits per heavy atom. The Labute approximate surface area is 272 Å². The van der Waals surface area contributed by atoms with Gasteiger partial charge in [0.15, 0.2) is 0 Å². The van der Waals surface area contributed by atoms with Crippen molar-refractivity contribution >= 4 is 40.9 Å². The summed E-state index contributed by atoms with van der Waals surface area (Å²) in [4.78, 5) is 59.1. The summed E-state index contributed by atoms with van der Waals surface area (Å²) in [6.45, 7) is 1.85. The van der Waals surface area contributed by atoms with Crippen molar-refractivity contribution < 1.29 is 42.2 Å². The smallest absolute Gasteiger partial charge is 0.508 e. The Morgan fingerprint density at radius 3 is 2.36 bits per heavy atom. The van der Waals surface area contributed by atoms with Gasteiger partial charge in [0.1, 0.15) is 11.5 Å². The summed E-state index contributed by atoms with van der Waals surface area (Å²) in [6, 6.07) is 17.7. The summed E-state index contributed by atoms with van der Waals surface area (Å²) in [6.07, 6.45) is -3.14. The number of allylic oxidation sites excluding steroid dienone is 2. The molecule has 47 heavy (non-hydrogen) atoms. The number of fused-ring (bicyclic) bond motifs is 4. The van der Waals surface area contributed by atoms with Crippen LogP contribution in [0.25, 0.3) is 0 Å². The molecule has 2 aliphatic heterocycles. The van der Waals surface area contributed by atoms with Gasteiger partial charge < -0.3 is 9.84 Å². The number of hydrogen-bond donors (Lipinski definition) is 1. The summed E-state index contributed by atoms with van der Waals surface area (Å²) in [5.41, 5.74) is -0.731. The molecular formula is C35H28ClF3N2O6. The van der Waals surface area contributed by atoms with Gasteiger partial charge in [-0.2, -0.15) is 0 Å². The van der Waals surface area contributed by atoms with Gasteiger partial charge in [-0.1, -0.05) is 59.6 Å². The lowest BCUT2D eigenvalue weighted by atomic mass is 9.49. The fourth-order valence-electron chi connectivity index (χ4n) is 8.43. The standard InChI is InChI=1S/C35H28ClF3N2O6/c1-2-40-30(43)23-13-12-22-24(28(23)32(40)45)17-26-31(44)41(20-10-6-9-19(36)15-20)33(46)34(26,18-7-4-3-5-8-18)29(22)25-16-21(11-14-27(25)42)47-35(37,38)39/h3-12,14-16,23-24,26,28-29,42H,2,13,17H2,1H3. The molecule has 2 aliphatic carbocycles. The van der Waals surface area contributed by atoms with Crippen molar-refractivity contribution in [2.75, 3.05) is 11.4 Å². The molecule has 4 aliphatic rings. The number of alkyl halides is 3. The summed E-state index contributed by atoms with van der Waals surface area (Å²) >= 11 is 6.29. The number of anilines is 1. The van der Waals surface area contributed by atoms with E-state index in [1.54, 1.807) is 61.5 Å². The first kappa shape index (κ1) is 31.0. The summed E-state index contributed by atoms with van der Waals surface area (Å²) in [5.74, 6) is -7.63. The molecule has 12 heteroatoms. The van der Waals surface area contributed by atoms with Gasteiger partial charge in [-0.3, -0.25) is 24.1 Å². The zero-order valence-electron chi connectivity index (χ0n) is 24.9. The van der Waals surface area contributed by atoms with Crippen LogP contribution in [0.2, 0.25) is 5.02 Å². The highest BCUT2D eigenvalue weighted by Crippen LogP contribution is 2.65. The van der Waals surface area contributed by atoms with Crippen LogP contribution in [0.15, 0.2) is 84.4 Å². The first-order valence-corrected chi connectivity index (χ1v) is 15.6. The van der Waals surface area contributed by atoms with Gasteiger partial charge in [0.05, 0.1) is 28.9 Å². The summed E-state index contributed by atoms with van der Waals surface area (Å²) in [5, 5.41) is 11.6. The number of halogens is 4. The van der Waals surface area contributed by atoms with Crippen molar-refractivity contribution in [2.24, 2.45) is 23.7 Å². The fourth-order valence-corrected chi connectivity index (χ4v) is 8.61. The van der Waals surface area contributed by atoms with Crippen LogP contribution in [0.3, 0.4) is 0 Å². The number of benzene rings is 3. The number of carbonyl (C=O) groups excluding carboxylic acids is 4. The molecule has 0 radical (unpaired) electrons. The van der Waals surface area contributed by atoms with Gasteiger partial charge in [0.25, 0.3) is 0 Å². The molecule has 6 unspecified atom stereocenters. The number of phenolic OH excluding ortho intramolecular Hbond substituents is 1. The number of amides is 4. The molecule has 3 aromatic rings. The number of rotatable bonds is 5. The van der Waals surface area contributed by atoms with Gasteiger partial charge in [-0.25, -0.2) is 4.90 Å². The maximum absolute atomic E-state index is 15.1. The molecule has 4 amide bonds. The number of likely N-dealkylation sites (tertiary alicyclic amines) is 1. The topological polar surface area (TPSA) is 104 Å². The van der Waals surface area contributed by atoms with Gasteiger partial charge >= 0.3 is 6.36 Å². The lowest BCUT2D eigenvalue weighted by molar-refractivity contribution is -0.274. The van der Waals surface area contributed by atoms with Crippen molar-refractivity contribution in [3.05, 3.63) is 101 Å². The van der Waals surface area contributed by atoms with E-state index in [-0.39, 0.29) is 41.6 Å². The normalized spacial score (nSPS) is 28.6. The molecule has 6 atom stereocenters. The van der Waals surface area contributed by atoms with Crippen molar-refractivity contribution in [3.63, 3.8) is 0 Å². The van der Waals surface area contributed by atoms with Crippen molar-refractivity contribution in [2.45, 2.75) is 37.5 Å². The lowest BCUT2D eigenvalue weighted by Gasteiger charge is -2.50. The Hall–Kier alpha value is -4.64. The van der Waals surface area contributed by atoms with Crippen LogP contribution in [0.5, 0.6) is 11.5 Å². The largest absolute Gasteiger partial charge is 0.573 e. The highest BCUT2D eigenvalue weighted by Gasteiger charge is 2.70. The second-order valence-corrected chi connectivity index (χ2v) is 12.7. The first-order chi connectivity index (χ1) is 22.4. The van der Waals surface area contributed by atoms with Crippen LogP contribution in [-0.4, -0.2) is 46.5 Å². The number of hydrogen-bond acceptors (Lipinski definition) is 6. The highest BCUT2D eigenvalue weighted by molar-refractivity contribution is 6.32. The van der Waals surface area contributed by atoms with Crippen LogP contribution < -0.4 is 9.64 Å². The quantitative estimate of drug-likeness (QED) is 0.260. The maximum atomic E-state index is 15.1. The van der Waals surface area contributed by atoms with Gasteiger partial charge in [-0.05, 0) is 67.6 Å². The van der Waals surface area contributed by atoms with Crippen LogP contribution in [0.1, 0.15) is 36.8 Å². The third kappa shape index (κ3) is 4.57. The Bertz CT molecular complexity index is 1860. The SMILES string of the molecule is CCN1C(=O)C2CC=C3C(CC4C(=O)N(c5cccc(Cl)c5)C(=O)C4(c4ccccc4)C3c3cc(OC(F)(F)F)ccc3O)C2C1=O. The van der Waals surface area contributed by atoms with Crippen LogP contribution in [0, 0.1) is 23.7 Å². The van der Waals surface area contributed by atoms with E-state index in [1.165, 1.54) is 11.0 Å². The molecule has 0 spiro atoms. The number of ether oxygens (including phenoxy) is 1. The second-order valence-electron chi connectivity index (χ2n) is 12.3. The zero-order valence-corrected chi connectivity index (χ0v) is 25.7. The molecule has 7 rings (SSSR count). The molecule has 2 heterocycles. The summed E-state index contributed by atoms with van der Waals surface area (Å²) in [7, 11) is 0. The van der Waals surface area contributed by atoms with E-state index in [4.69, 9.17) is 11.6 Å². The number of carbonyl (C=O) groups is 4.